The van der Waals surface area contributed by atoms with Crippen LogP contribution in [-0.2, 0) is 6.54 Å². The number of hydrogen-bond acceptors (Lipinski definition) is 1. The van der Waals surface area contributed by atoms with E-state index in [4.69, 9.17) is 23.2 Å². The molecule has 1 aliphatic heterocycles. The molecule has 1 heterocycles. The average molecular weight is 295 g/mol. The first kappa shape index (κ1) is 15.1. The molecule has 1 aromatic rings. The fourth-order valence-corrected chi connectivity index (χ4v) is 3.06. The van der Waals surface area contributed by atoms with Crippen molar-refractivity contribution < 1.29 is 0 Å². The molecular weight excluding hydrogens is 277 g/mol. The molecule has 1 aromatic carbocycles. The second-order valence-corrected chi connectivity index (χ2v) is 4.97. The lowest BCUT2D eigenvalue weighted by atomic mass is 10.2. The van der Waals surface area contributed by atoms with Gasteiger partial charge in [0.2, 0.25) is 0 Å². The maximum Gasteiger partial charge on any atom is 0.0379 e. The highest BCUT2D eigenvalue weighted by molar-refractivity contribution is 6.18. The summed E-state index contributed by atoms with van der Waals surface area (Å²) in [5, 5.41) is 0. The van der Waals surface area contributed by atoms with Crippen LogP contribution in [0.3, 0.4) is 0 Å². The Hall–Kier alpha value is 0.0500. The summed E-state index contributed by atoms with van der Waals surface area (Å²) in [6.45, 7) is 0.968. The predicted octanol–water partition coefficient (Wildman–Crippen LogP) is 3.92. The third kappa shape index (κ3) is 3.75. The van der Waals surface area contributed by atoms with Crippen LogP contribution in [0.2, 0.25) is 0 Å². The van der Waals surface area contributed by atoms with E-state index in [1.165, 1.54) is 18.4 Å². The summed E-state index contributed by atoms with van der Waals surface area (Å²) < 4.78 is 0. The van der Waals surface area contributed by atoms with Crippen LogP contribution in [0.15, 0.2) is 30.3 Å². The third-order valence-electron chi connectivity index (χ3n) is 3.34. The lowest BCUT2D eigenvalue weighted by Gasteiger charge is -2.28. The lowest BCUT2D eigenvalue weighted by molar-refractivity contribution is 0.209. The third-order valence-corrected chi connectivity index (χ3v) is 4.05. The predicted molar refractivity (Wildman–Crippen MR) is 77.5 cm³/mol. The summed E-state index contributed by atoms with van der Waals surface area (Å²) in [4.78, 5) is 2.45. The molecule has 1 fully saturated rings. The van der Waals surface area contributed by atoms with Crippen molar-refractivity contribution in [3.8, 4) is 0 Å². The molecule has 0 radical (unpaired) electrons. The normalized spacial score (nSPS) is 24.6. The molecule has 0 amide bonds. The molecular formula is C13H18Cl3N. The summed E-state index contributed by atoms with van der Waals surface area (Å²) in [6, 6.07) is 11.5. The largest absolute Gasteiger partial charge is 0.291 e. The molecule has 4 heteroatoms. The number of hydrogen-bond donors (Lipinski definition) is 0. The van der Waals surface area contributed by atoms with Crippen LogP contribution < -0.4 is 0 Å². The zero-order chi connectivity index (χ0) is 11.4. The summed E-state index contributed by atoms with van der Waals surface area (Å²) in [5.74, 6) is 1.42. The van der Waals surface area contributed by atoms with Crippen LogP contribution in [0.25, 0.3) is 0 Å². The number of likely N-dealkylation sites (tertiary alicyclic amines) is 1. The molecule has 1 aliphatic rings. The highest BCUT2D eigenvalue weighted by Gasteiger charge is 2.31. The van der Waals surface area contributed by atoms with Crippen LogP contribution in [0.4, 0.5) is 0 Å². The molecule has 96 valence electrons. The van der Waals surface area contributed by atoms with E-state index in [0.29, 0.717) is 23.8 Å². The smallest absolute Gasteiger partial charge is 0.0379 e. The number of rotatable bonds is 4. The lowest BCUT2D eigenvalue weighted by Crippen LogP contribution is -2.37. The summed E-state index contributed by atoms with van der Waals surface area (Å²) in [5.41, 5.74) is 1.34. The first-order valence-electron chi connectivity index (χ1n) is 5.76. The molecule has 0 spiro atoms. The molecule has 1 nitrogen and oxygen atoms in total. The highest BCUT2D eigenvalue weighted by Crippen LogP contribution is 2.27. The van der Waals surface area contributed by atoms with E-state index in [9.17, 15) is 0 Å². The van der Waals surface area contributed by atoms with Crippen molar-refractivity contribution in [2.75, 3.05) is 11.8 Å². The first-order chi connectivity index (χ1) is 7.85. The molecule has 2 rings (SSSR count). The SMILES string of the molecule is Cl.ClC[C@@H]1CC[C@H](CCl)N1Cc1ccccc1. The Kier molecular flexibility index (Phi) is 6.65. The number of halogens is 3. The van der Waals surface area contributed by atoms with Crippen molar-refractivity contribution >= 4 is 35.6 Å². The van der Waals surface area contributed by atoms with Crippen LogP contribution >= 0.6 is 35.6 Å². The van der Waals surface area contributed by atoms with Gasteiger partial charge in [0.05, 0.1) is 0 Å². The molecule has 0 saturated carbocycles. The molecule has 17 heavy (non-hydrogen) atoms. The van der Waals surface area contributed by atoms with Gasteiger partial charge in [0.25, 0.3) is 0 Å². The van der Waals surface area contributed by atoms with Crippen LogP contribution in [0.5, 0.6) is 0 Å². The van der Waals surface area contributed by atoms with Gasteiger partial charge >= 0.3 is 0 Å². The molecule has 0 unspecified atom stereocenters. The van der Waals surface area contributed by atoms with Crippen molar-refractivity contribution in [2.24, 2.45) is 0 Å². The molecule has 2 atom stereocenters. The maximum atomic E-state index is 6.01. The number of nitrogens with zero attached hydrogens (tertiary/aromatic N) is 1. The van der Waals surface area contributed by atoms with Gasteiger partial charge in [0, 0.05) is 30.4 Å². The Balaban J connectivity index is 0.00000144. The monoisotopic (exact) mass is 293 g/mol. The first-order valence-corrected chi connectivity index (χ1v) is 6.83. The van der Waals surface area contributed by atoms with Gasteiger partial charge in [-0.1, -0.05) is 30.3 Å². The van der Waals surface area contributed by atoms with E-state index < -0.39 is 0 Å². The van der Waals surface area contributed by atoms with E-state index in [2.05, 4.69) is 29.2 Å². The van der Waals surface area contributed by atoms with Crippen molar-refractivity contribution in [3.63, 3.8) is 0 Å². The Morgan fingerprint density at radius 2 is 1.53 bits per heavy atom. The van der Waals surface area contributed by atoms with Gasteiger partial charge in [-0.15, -0.1) is 35.6 Å². The minimum atomic E-state index is 0. The topological polar surface area (TPSA) is 3.24 Å². The highest BCUT2D eigenvalue weighted by atomic mass is 35.5. The summed E-state index contributed by atoms with van der Waals surface area (Å²) in [7, 11) is 0. The average Bonchev–Trinajstić information content (AvgIpc) is 2.72. The van der Waals surface area contributed by atoms with Crippen molar-refractivity contribution in [2.45, 2.75) is 31.5 Å². The van der Waals surface area contributed by atoms with Gasteiger partial charge in [-0.2, -0.15) is 0 Å². The second kappa shape index (κ2) is 7.48. The summed E-state index contributed by atoms with van der Waals surface area (Å²) >= 11 is 12.0. The van der Waals surface area contributed by atoms with E-state index in [0.717, 1.165) is 6.54 Å². The van der Waals surface area contributed by atoms with Crippen LogP contribution in [0.1, 0.15) is 18.4 Å². The minimum absolute atomic E-state index is 0. The van der Waals surface area contributed by atoms with Crippen molar-refractivity contribution in [1.29, 1.82) is 0 Å². The standard InChI is InChI=1S/C13H17Cl2N.ClH/c14-8-12-6-7-13(9-15)16(12)10-11-4-2-1-3-5-11;/h1-5,12-13H,6-10H2;1H/t12-,13+;. The van der Waals surface area contributed by atoms with Crippen LogP contribution in [0, 0.1) is 0 Å². The molecule has 1 saturated heterocycles. The maximum absolute atomic E-state index is 6.01. The van der Waals surface area contributed by atoms with Gasteiger partial charge < -0.3 is 0 Å². The fraction of sp³-hybridized carbons (Fsp3) is 0.538. The quantitative estimate of drug-likeness (QED) is 0.761. The molecule has 0 N–H and O–H groups in total. The Bertz CT molecular complexity index is 306. The fourth-order valence-electron chi connectivity index (χ4n) is 2.40. The van der Waals surface area contributed by atoms with Gasteiger partial charge in [0.1, 0.15) is 0 Å². The minimum Gasteiger partial charge on any atom is -0.291 e. The molecule has 0 bridgehead atoms. The van der Waals surface area contributed by atoms with Gasteiger partial charge in [-0.3, -0.25) is 4.90 Å². The molecule has 0 aromatic heterocycles. The Labute approximate surface area is 119 Å². The Morgan fingerprint density at radius 1 is 1.00 bits per heavy atom. The van der Waals surface area contributed by atoms with Gasteiger partial charge in [-0.25, -0.2) is 0 Å². The van der Waals surface area contributed by atoms with Gasteiger partial charge in [0.15, 0.2) is 0 Å². The zero-order valence-electron chi connectivity index (χ0n) is 9.69. The van der Waals surface area contributed by atoms with Crippen molar-refractivity contribution in [1.82, 2.24) is 4.90 Å². The second-order valence-electron chi connectivity index (χ2n) is 4.35. The van der Waals surface area contributed by atoms with E-state index >= 15 is 0 Å². The van der Waals surface area contributed by atoms with E-state index in [1.807, 2.05) is 6.07 Å². The van der Waals surface area contributed by atoms with Crippen LogP contribution in [-0.4, -0.2) is 28.7 Å². The number of alkyl halides is 2. The van der Waals surface area contributed by atoms with Gasteiger partial charge in [-0.05, 0) is 18.4 Å². The van der Waals surface area contributed by atoms with E-state index in [1.54, 1.807) is 0 Å². The number of benzene rings is 1. The van der Waals surface area contributed by atoms with Crippen molar-refractivity contribution in [3.05, 3.63) is 35.9 Å². The summed E-state index contributed by atoms with van der Waals surface area (Å²) in [6.07, 6.45) is 2.35. The molecule has 0 aliphatic carbocycles. The van der Waals surface area contributed by atoms with E-state index in [-0.39, 0.29) is 12.4 Å². The Morgan fingerprint density at radius 3 is 2.00 bits per heavy atom. The zero-order valence-corrected chi connectivity index (χ0v) is 12.0.